The Morgan fingerprint density at radius 3 is 2.76 bits per heavy atom. The van der Waals surface area contributed by atoms with Gasteiger partial charge in [-0.2, -0.15) is 5.26 Å². The van der Waals surface area contributed by atoms with E-state index in [2.05, 4.69) is 5.32 Å². The van der Waals surface area contributed by atoms with Gasteiger partial charge in [0.2, 0.25) is 0 Å². The number of carbonyl (C=O) groups is 1. The standard InChI is InChI=1S/C16H21N3O2/c1-4-19(8-9-20)11-14(10-17)16(21)18-15-7-5-6-12(2)13(15)3/h5-7,11,20H,4,8-9H2,1-3H3,(H,18,21)/b14-11-. The smallest absolute Gasteiger partial charge is 0.267 e. The van der Waals surface area contributed by atoms with E-state index >= 15 is 0 Å². The summed E-state index contributed by atoms with van der Waals surface area (Å²) in [6.07, 6.45) is 1.48. The monoisotopic (exact) mass is 287 g/mol. The molecule has 112 valence electrons. The number of carbonyl (C=O) groups excluding carboxylic acids is 1. The molecule has 0 aliphatic rings. The van der Waals surface area contributed by atoms with Crippen LogP contribution in [-0.4, -0.2) is 35.6 Å². The normalized spacial score (nSPS) is 10.9. The van der Waals surface area contributed by atoms with Crippen molar-refractivity contribution in [2.45, 2.75) is 20.8 Å². The average Bonchev–Trinajstić information content (AvgIpc) is 2.48. The van der Waals surface area contributed by atoms with Crippen molar-refractivity contribution in [1.29, 1.82) is 5.26 Å². The molecule has 2 N–H and O–H groups in total. The highest BCUT2D eigenvalue weighted by Crippen LogP contribution is 2.18. The summed E-state index contributed by atoms with van der Waals surface area (Å²) < 4.78 is 0. The summed E-state index contributed by atoms with van der Waals surface area (Å²) in [4.78, 5) is 13.9. The van der Waals surface area contributed by atoms with E-state index in [1.54, 1.807) is 11.0 Å². The van der Waals surface area contributed by atoms with Gasteiger partial charge >= 0.3 is 0 Å². The van der Waals surface area contributed by atoms with Crippen LogP contribution in [-0.2, 0) is 4.79 Å². The summed E-state index contributed by atoms with van der Waals surface area (Å²) in [5.74, 6) is -0.442. The largest absolute Gasteiger partial charge is 0.395 e. The maximum Gasteiger partial charge on any atom is 0.267 e. The molecule has 0 atom stereocenters. The van der Waals surface area contributed by atoms with Crippen LogP contribution < -0.4 is 5.32 Å². The molecule has 1 aromatic rings. The van der Waals surface area contributed by atoms with Gasteiger partial charge in [-0.25, -0.2) is 0 Å². The number of nitriles is 1. The predicted molar refractivity (Wildman–Crippen MR) is 82.6 cm³/mol. The number of aliphatic hydroxyl groups excluding tert-OH is 1. The molecule has 5 nitrogen and oxygen atoms in total. The summed E-state index contributed by atoms with van der Waals surface area (Å²) in [5.41, 5.74) is 2.77. The molecule has 1 aromatic carbocycles. The topological polar surface area (TPSA) is 76.4 Å². The Kier molecular flexibility index (Phi) is 6.44. The third kappa shape index (κ3) is 4.62. The van der Waals surface area contributed by atoms with Gasteiger partial charge in [0.25, 0.3) is 5.91 Å². The van der Waals surface area contributed by atoms with Crippen molar-refractivity contribution < 1.29 is 9.90 Å². The fourth-order valence-corrected chi connectivity index (χ4v) is 1.84. The zero-order valence-electron chi connectivity index (χ0n) is 12.7. The van der Waals surface area contributed by atoms with Gasteiger partial charge in [-0.05, 0) is 38.0 Å². The van der Waals surface area contributed by atoms with Gasteiger partial charge in [0.15, 0.2) is 0 Å². The van der Waals surface area contributed by atoms with Gasteiger partial charge in [-0.15, -0.1) is 0 Å². The van der Waals surface area contributed by atoms with E-state index in [0.29, 0.717) is 18.8 Å². The third-order valence-corrected chi connectivity index (χ3v) is 3.32. The predicted octanol–water partition coefficient (Wildman–Crippen LogP) is 1.96. The lowest BCUT2D eigenvalue weighted by molar-refractivity contribution is -0.112. The van der Waals surface area contributed by atoms with Crippen LogP contribution >= 0.6 is 0 Å². The summed E-state index contributed by atoms with van der Waals surface area (Å²) in [6.45, 7) is 6.75. The van der Waals surface area contributed by atoms with E-state index in [0.717, 1.165) is 11.1 Å². The number of likely N-dealkylation sites (N-methyl/N-ethyl adjacent to an activating group) is 1. The van der Waals surface area contributed by atoms with Crippen molar-refractivity contribution in [2.75, 3.05) is 25.0 Å². The van der Waals surface area contributed by atoms with Crippen LogP contribution in [0, 0.1) is 25.2 Å². The zero-order valence-corrected chi connectivity index (χ0v) is 12.7. The Labute approximate surface area is 125 Å². The molecule has 21 heavy (non-hydrogen) atoms. The molecule has 0 saturated carbocycles. The summed E-state index contributed by atoms with van der Waals surface area (Å²) >= 11 is 0. The highest BCUT2D eigenvalue weighted by Gasteiger charge is 2.12. The molecule has 0 aromatic heterocycles. The van der Waals surface area contributed by atoms with Gasteiger partial charge in [-0.3, -0.25) is 4.79 Å². The van der Waals surface area contributed by atoms with E-state index in [1.165, 1.54) is 6.20 Å². The Morgan fingerprint density at radius 1 is 1.48 bits per heavy atom. The van der Waals surface area contributed by atoms with Crippen molar-refractivity contribution in [3.63, 3.8) is 0 Å². The van der Waals surface area contributed by atoms with Crippen LogP contribution in [0.15, 0.2) is 30.0 Å². The van der Waals surface area contributed by atoms with Crippen LogP contribution in [0.3, 0.4) is 0 Å². The lowest BCUT2D eigenvalue weighted by Gasteiger charge is -2.17. The fourth-order valence-electron chi connectivity index (χ4n) is 1.84. The quantitative estimate of drug-likeness (QED) is 0.619. The number of hydrogen-bond acceptors (Lipinski definition) is 4. The Balaban J connectivity index is 2.92. The molecule has 0 radical (unpaired) electrons. The molecular weight excluding hydrogens is 266 g/mol. The van der Waals surface area contributed by atoms with Crippen molar-refractivity contribution in [3.8, 4) is 6.07 Å². The minimum absolute atomic E-state index is 0.0196. The second-order valence-electron chi connectivity index (χ2n) is 4.71. The highest BCUT2D eigenvalue weighted by molar-refractivity contribution is 6.06. The van der Waals surface area contributed by atoms with E-state index in [-0.39, 0.29) is 12.2 Å². The lowest BCUT2D eigenvalue weighted by atomic mass is 10.1. The molecular formula is C16H21N3O2. The van der Waals surface area contributed by atoms with E-state index < -0.39 is 5.91 Å². The van der Waals surface area contributed by atoms with Crippen LogP contribution in [0.4, 0.5) is 5.69 Å². The SMILES string of the molecule is CCN(/C=C(/C#N)C(=O)Nc1cccc(C)c1C)CCO. The molecule has 0 unspecified atom stereocenters. The van der Waals surface area contributed by atoms with Crippen LogP contribution in [0.25, 0.3) is 0 Å². The summed E-state index contributed by atoms with van der Waals surface area (Å²) in [7, 11) is 0. The molecule has 0 bridgehead atoms. The number of anilines is 1. The molecule has 0 aliphatic carbocycles. The second-order valence-corrected chi connectivity index (χ2v) is 4.71. The van der Waals surface area contributed by atoms with E-state index in [1.807, 2.05) is 39.0 Å². The molecule has 0 saturated heterocycles. The number of nitrogens with zero attached hydrogens (tertiary/aromatic N) is 2. The van der Waals surface area contributed by atoms with Crippen LogP contribution in [0.2, 0.25) is 0 Å². The average molecular weight is 287 g/mol. The first-order valence-corrected chi connectivity index (χ1v) is 6.87. The first kappa shape index (κ1) is 16.7. The van der Waals surface area contributed by atoms with Gasteiger partial charge in [0.05, 0.1) is 6.61 Å². The van der Waals surface area contributed by atoms with Gasteiger partial charge in [0.1, 0.15) is 11.6 Å². The first-order valence-electron chi connectivity index (χ1n) is 6.87. The molecule has 1 amide bonds. The summed E-state index contributed by atoms with van der Waals surface area (Å²) in [5, 5.41) is 20.8. The van der Waals surface area contributed by atoms with Gasteiger partial charge in [-0.1, -0.05) is 12.1 Å². The summed E-state index contributed by atoms with van der Waals surface area (Å²) in [6, 6.07) is 7.53. The van der Waals surface area contributed by atoms with Crippen LogP contribution in [0.5, 0.6) is 0 Å². The van der Waals surface area contributed by atoms with Gasteiger partial charge < -0.3 is 15.3 Å². The number of rotatable bonds is 6. The number of aryl methyl sites for hydroxylation is 1. The molecule has 0 spiro atoms. The lowest BCUT2D eigenvalue weighted by Crippen LogP contribution is -2.24. The first-order chi connectivity index (χ1) is 10.0. The van der Waals surface area contributed by atoms with Crippen molar-refractivity contribution in [3.05, 3.63) is 41.1 Å². The minimum Gasteiger partial charge on any atom is -0.395 e. The van der Waals surface area contributed by atoms with Crippen molar-refractivity contribution in [2.24, 2.45) is 0 Å². The molecule has 5 heteroatoms. The molecule has 0 aliphatic heterocycles. The van der Waals surface area contributed by atoms with Crippen LogP contribution in [0.1, 0.15) is 18.1 Å². The molecule has 0 heterocycles. The van der Waals surface area contributed by atoms with Crippen molar-refractivity contribution >= 4 is 11.6 Å². The number of benzene rings is 1. The minimum atomic E-state index is -0.442. The number of nitrogens with one attached hydrogen (secondary N) is 1. The zero-order chi connectivity index (χ0) is 15.8. The van der Waals surface area contributed by atoms with Crippen molar-refractivity contribution in [1.82, 2.24) is 4.90 Å². The third-order valence-electron chi connectivity index (χ3n) is 3.32. The number of aliphatic hydroxyl groups is 1. The molecule has 1 rings (SSSR count). The highest BCUT2D eigenvalue weighted by atomic mass is 16.3. The number of hydrogen-bond donors (Lipinski definition) is 2. The van der Waals surface area contributed by atoms with E-state index in [4.69, 9.17) is 10.4 Å². The molecule has 0 fully saturated rings. The van der Waals surface area contributed by atoms with Gasteiger partial charge in [0, 0.05) is 25.0 Å². The Morgan fingerprint density at radius 2 is 2.19 bits per heavy atom. The number of amides is 1. The van der Waals surface area contributed by atoms with E-state index in [9.17, 15) is 4.79 Å². The fraction of sp³-hybridized carbons (Fsp3) is 0.375. The second kappa shape index (κ2) is 8.08. The Hall–Kier alpha value is -2.32. The Bertz CT molecular complexity index is 573. The maximum atomic E-state index is 12.2. The maximum absolute atomic E-state index is 12.2.